The number of benzene rings is 2. The zero-order valence-electron chi connectivity index (χ0n) is 19.0. The molecule has 0 bridgehead atoms. The van der Waals surface area contributed by atoms with E-state index in [4.69, 9.17) is 14.2 Å². The van der Waals surface area contributed by atoms with E-state index in [-0.39, 0.29) is 19.1 Å². The van der Waals surface area contributed by atoms with Crippen molar-refractivity contribution < 1.29 is 28.6 Å². The molecule has 34 heavy (non-hydrogen) atoms. The number of rotatable bonds is 6. The second-order valence-electron chi connectivity index (χ2n) is 8.14. The minimum atomic E-state index is -1.14. The van der Waals surface area contributed by atoms with Crippen molar-refractivity contribution in [1.29, 1.82) is 0 Å². The second kappa shape index (κ2) is 11.5. The van der Waals surface area contributed by atoms with E-state index in [0.29, 0.717) is 45.8 Å². The fraction of sp³-hybridized carbons (Fsp3) is 0.400. The van der Waals surface area contributed by atoms with Crippen molar-refractivity contribution in [3.8, 4) is 0 Å². The van der Waals surface area contributed by atoms with Gasteiger partial charge in [-0.3, -0.25) is 0 Å². The fourth-order valence-corrected chi connectivity index (χ4v) is 3.92. The molecule has 2 aliphatic heterocycles. The Hall–Kier alpha value is -3.59. The largest absolute Gasteiger partial charge is 0.458 e. The highest BCUT2D eigenvalue weighted by Crippen LogP contribution is 2.18. The maximum atomic E-state index is 13.1. The molecule has 3 amide bonds. The van der Waals surface area contributed by atoms with Crippen LogP contribution in [0.5, 0.6) is 0 Å². The summed E-state index contributed by atoms with van der Waals surface area (Å²) in [6, 6.07) is 18.3. The van der Waals surface area contributed by atoms with E-state index in [1.165, 1.54) is 10.0 Å². The first kappa shape index (κ1) is 23.6. The number of hydrogen-bond donors (Lipinski definition) is 0. The van der Waals surface area contributed by atoms with Crippen LogP contribution in [0, 0.1) is 0 Å². The van der Waals surface area contributed by atoms with E-state index in [0.717, 1.165) is 11.1 Å². The summed E-state index contributed by atoms with van der Waals surface area (Å²) in [6.45, 7) is 2.71. The molecule has 0 saturated carbocycles. The SMILES string of the molecule is O=C(OCc1ccccc1)[C@H](Cc1ccccc1)OC(=O)N1CCCN1C(=O)N1CCOCC1. The Morgan fingerprint density at radius 2 is 1.44 bits per heavy atom. The highest BCUT2D eigenvalue weighted by molar-refractivity contribution is 5.81. The molecule has 2 heterocycles. The minimum Gasteiger partial charge on any atom is -0.458 e. The first-order valence-electron chi connectivity index (χ1n) is 11.5. The zero-order chi connectivity index (χ0) is 23.8. The number of carbonyl (C=O) groups excluding carboxylic acids is 3. The van der Waals surface area contributed by atoms with E-state index in [1.54, 1.807) is 4.90 Å². The maximum Gasteiger partial charge on any atom is 0.429 e. The zero-order valence-corrected chi connectivity index (χ0v) is 19.0. The first-order chi connectivity index (χ1) is 16.6. The Morgan fingerprint density at radius 3 is 2.12 bits per heavy atom. The number of nitrogens with zero attached hydrogens (tertiary/aromatic N) is 3. The van der Waals surface area contributed by atoms with Crippen LogP contribution < -0.4 is 0 Å². The normalized spacial score (nSPS) is 16.8. The van der Waals surface area contributed by atoms with Crippen LogP contribution in [0.15, 0.2) is 60.7 Å². The van der Waals surface area contributed by atoms with E-state index in [1.807, 2.05) is 60.7 Å². The molecular weight excluding hydrogens is 438 g/mol. The van der Waals surface area contributed by atoms with Crippen LogP contribution in [0.2, 0.25) is 0 Å². The molecule has 0 aromatic heterocycles. The molecule has 180 valence electrons. The summed E-state index contributed by atoms with van der Waals surface area (Å²) >= 11 is 0. The van der Waals surface area contributed by atoms with Gasteiger partial charge in [0.1, 0.15) is 6.61 Å². The highest BCUT2D eigenvalue weighted by Gasteiger charge is 2.37. The Balaban J connectivity index is 1.43. The summed E-state index contributed by atoms with van der Waals surface area (Å²) in [5.41, 5.74) is 1.67. The topological polar surface area (TPSA) is 88.6 Å². The van der Waals surface area contributed by atoms with Gasteiger partial charge in [0, 0.05) is 32.6 Å². The van der Waals surface area contributed by atoms with Gasteiger partial charge in [0.05, 0.1) is 13.2 Å². The predicted molar refractivity (Wildman–Crippen MR) is 122 cm³/mol. The summed E-state index contributed by atoms with van der Waals surface area (Å²) in [6.07, 6.45) is -1.07. The van der Waals surface area contributed by atoms with Gasteiger partial charge in [-0.05, 0) is 17.5 Å². The molecule has 2 aliphatic rings. The van der Waals surface area contributed by atoms with Gasteiger partial charge in [-0.25, -0.2) is 24.4 Å². The molecule has 2 aromatic rings. The van der Waals surface area contributed by atoms with Crippen molar-refractivity contribution >= 4 is 18.1 Å². The number of hydrogen-bond acceptors (Lipinski definition) is 6. The van der Waals surface area contributed by atoms with Gasteiger partial charge in [-0.2, -0.15) is 0 Å². The molecule has 0 radical (unpaired) electrons. The van der Waals surface area contributed by atoms with Crippen molar-refractivity contribution in [2.45, 2.75) is 25.6 Å². The molecule has 9 heteroatoms. The predicted octanol–water partition coefficient (Wildman–Crippen LogP) is 2.85. The lowest BCUT2D eigenvalue weighted by atomic mass is 10.1. The van der Waals surface area contributed by atoms with E-state index < -0.39 is 18.2 Å². The van der Waals surface area contributed by atoms with Crippen LogP contribution in [0.3, 0.4) is 0 Å². The number of ether oxygens (including phenoxy) is 3. The van der Waals surface area contributed by atoms with Crippen LogP contribution >= 0.6 is 0 Å². The summed E-state index contributed by atoms with van der Waals surface area (Å²) in [7, 11) is 0. The number of morpholine rings is 1. The molecule has 2 aromatic carbocycles. The molecular formula is C25H29N3O6. The van der Waals surface area contributed by atoms with Crippen molar-refractivity contribution in [3.05, 3.63) is 71.8 Å². The quantitative estimate of drug-likeness (QED) is 0.607. The van der Waals surface area contributed by atoms with E-state index in [9.17, 15) is 14.4 Å². The van der Waals surface area contributed by atoms with Gasteiger partial charge in [0.15, 0.2) is 0 Å². The average Bonchev–Trinajstić information content (AvgIpc) is 3.38. The number of esters is 1. The molecule has 2 saturated heterocycles. The average molecular weight is 468 g/mol. The van der Waals surface area contributed by atoms with Crippen molar-refractivity contribution in [3.63, 3.8) is 0 Å². The minimum absolute atomic E-state index is 0.0773. The van der Waals surface area contributed by atoms with Crippen LogP contribution in [0.1, 0.15) is 17.5 Å². The second-order valence-corrected chi connectivity index (χ2v) is 8.14. The van der Waals surface area contributed by atoms with Gasteiger partial charge in [0.2, 0.25) is 6.10 Å². The van der Waals surface area contributed by atoms with Gasteiger partial charge in [-0.15, -0.1) is 0 Å². The van der Waals surface area contributed by atoms with Crippen molar-refractivity contribution in [2.24, 2.45) is 0 Å². The van der Waals surface area contributed by atoms with Gasteiger partial charge < -0.3 is 19.1 Å². The third kappa shape index (κ3) is 6.05. The molecule has 0 aliphatic carbocycles. The van der Waals surface area contributed by atoms with Crippen LogP contribution in [-0.2, 0) is 32.0 Å². The third-order valence-electron chi connectivity index (χ3n) is 5.74. The Kier molecular flexibility index (Phi) is 7.98. The molecule has 0 spiro atoms. The molecule has 1 atom stereocenters. The van der Waals surface area contributed by atoms with Crippen molar-refractivity contribution in [2.75, 3.05) is 39.4 Å². The lowest BCUT2D eigenvalue weighted by Crippen LogP contribution is -2.54. The summed E-state index contributed by atoms with van der Waals surface area (Å²) in [5.74, 6) is -0.633. The highest BCUT2D eigenvalue weighted by atomic mass is 16.6. The lowest BCUT2D eigenvalue weighted by molar-refractivity contribution is -0.156. The maximum absolute atomic E-state index is 13.1. The monoisotopic (exact) mass is 467 g/mol. The lowest BCUT2D eigenvalue weighted by Gasteiger charge is -2.34. The third-order valence-corrected chi connectivity index (χ3v) is 5.74. The molecule has 2 fully saturated rings. The molecule has 0 N–H and O–H groups in total. The smallest absolute Gasteiger partial charge is 0.429 e. The molecule has 9 nitrogen and oxygen atoms in total. The van der Waals surface area contributed by atoms with E-state index >= 15 is 0 Å². The Bertz CT molecular complexity index is 965. The standard InChI is InChI=1S/C25H29N3O6/c29-23(33-19-21-10-5-2-6-11-21)22(18-20-8-3-1-4-9-20)34-25(31)28-13-7-12-27(28)24(30)26-14-16-32-17-15-26/h1-6,8-11,22H,7,12-19H2/t22-/m0/s1. The fourth-order valence-electron chi connectivity index (χ4n) is 3.92. The van der Waals surface area contributed by atoms with Crippen LogP contribution in [0.4, 0.5) is 9.59 Å². The van der Waals surface area contributed by atoms with Gasteiger partial charge in [-0.1, -0.05) is 60.7 Å². The molecule has 0 unspecified atom stereocenters. The number of urea groups is 1. The molecule has 4 rings (SSSR count). The van der Waals surface area contributed by atoms with Gasteiger partial charge in [0.25, 0.3) is 0 Å². The Labute approximate surface area is 198 Å². The van der Waals surface area contributed by atoms with Crippen LogP contribution in [0.25, 0.3) is 0 Å². The van der Waals surface area contributed by atoms with Crippen LogP contribution in [-0.4, -0.2) is 78.5 Å². The summed E-state index contributed by atoms with van der Waals surface area (Å²) < 4.78 is 16.4. The van der Waals surface area contributed by atoms with Gasteiger partial charge >= 0.3 is 18.1 Å². The first-order valence-corrected chi connectivity index (χ1v) is 11.5. The summed E-state index contributed by atoms with van der Waals surface area (Å²) in [4.78, 5) is 40.6. The number of carbonyl (C=O) groups is 3. The Morgan fingerprint density at radius 1 is 0.824 bits per heavy atom. The number of amides is 3. The summed E-state index contributed by atoms with van der Waals surface area (Å²) in [5, 5.41) is 2.67. The van der Waals surface area contributed by atoms with Crippen molar-refractivity contribution in [1.82, 2.24) is 14.9 Å². The number of hydrazine groups is 1. The van der Waals surface area contributed by atoms with E-state index in [2.05, 4.69) is 0 Å².